The lowest BCUT2D eigenvalue weighted by Crippen LogP contribution is -2.19. The molecular weight excluding hydrogens is 224 g/mol. The van der Waals surface area contributed by atoms with Crippen molar-refractivity contribution < 1.29 is 0 Å². The molecule has 1 unspecified atom stereocenters. The second-order valence-corrected chi connectivity index (χ2v) is 6.44. The van der Waals surface area contributed by atoms with Gasteiger partial charge in [-0.25, -0.2) is 9.97 Å². The summed E-state index contributed by atoms with van der Waals surface area (Å²) >= 11 is 0. The lowest BCUT2D eigenvalue weighted by atomic mass is 9.92. The second-order valence-electron chi connectivity index (χ2n) is 6.44. The van der Waals surface area contributed by atoms with Crippen LogP contribution in [-0.4, -0.2) is 16.0 Å². The van der Waals surface area contributed by atoms with E-state index in [1.54, 1.807) is 0 Å². The highest BCUT2D eigenvalue weighted by molar-refractivity contribution is 5.45. The largest absolute Gasteiger partial charge is 0.384 e. The fraction of sp³-hybridized carbons (Fsp3) is 0.714. The normalized spacial score (nSPS) is 22.4. The van der Waals surface area contributed by atoms with E-state index in [-0.39, 0.29) is 0 Å². The highest BCUT2D eigenvalue weighted by Crippen LogP contribution is 2.38. The molecule has 1 heterocycles. The fourth-order valence-corrected chi connectivity index (χ4v) is 2.59. The Morgan fingerprint density at radius 2 is 2.11 bits per heavy atom. The Kier molecular flexibility index (Phi) is 3.46. The van der Waals surface area contributed by atoms with Crippen molar-refractivity contribution in [3.05, 3.63) is 11.9 Å². The van der Waals surface area contributed by atoms with Crippen LogP contribution in [-0.2, 0) is 0 Å². The SMILES string of the molecule is CC(C)c1nc(N)cc(NC2CCC(C)(C)C2)n1. The monoisotopic (exact) mass is 248 g/mol. The van der Waals surface area contributed by atoms with Crippen LogP contribution in [0, 0.1) is 5.41 Å². The van der Waals surface area contributed by atoms with Crippen molar-refractivity contribution in [1.29, 1.82) is 0 Å². The molecule has 1 saturated carbocycles. The molecule has 1 aliphatic carbocycles. The molecule has 100 valence electrons. The first-order chi connectivity index (χ1) is 8.35. The predicted molar refractivity (Wildman–Crippen MR) is 75.6 cm³/mol. The number of aromatic nitrogens is 2. The van der Waals surface area contributed by atoms with Gasteiger partial charge in [-0.3, -0.25) is 0 Å². The van der Waals surface area contributed by atoms with E-state index in [1.807, 2.05) is 6.07 Å². The van der Waals surface area contributed by atoms with Gasteiger partial charge < -0.3 is 11.1 Å². The van der Waals surface area contributed by atoms with Gasteiger partial charge in [0, 0.05) is 18.0 Å². The molecule has 1 aromatic rings. The zero-order valence-corrected chi connectivity index (χ0v) is 11.8. The molecule has 3 N–H and O–H groups in total. The van der Waals surface area contributed by atoms with E-state index in [9.17, 15) is 0 Å². The zero-order chi connectivity index (χ0) is 13.3. The summed E-state index contributed by atoms with van der Waals surface area (Å²) in [5.74, 6) is 2.53. The van der Waals surface area contributed by atoms with Crippen molar-refractivity contribution in [1.82, 2.24) is 9.97 Å². The van der Waals surface area contributed by atoms with Gasteiger partial charge in [0.2, 0.25) is 0 Å². The van der Waals surface area contributed by atoms with E-state index >= 15 is 0 Å². The minimum absolute atomic E-state index is 0.300. The van der Waals surface area contributed by atoms with Gasteiger partial charge in [0.1, 0.15) is 17.5 Å². The molecule has 1 aromatic heterocycles. The van der Waals surface area contributed by atoms with Crippen LogP contribution < -0.4 is 11.1 Å². The second kappa shape index (κ2) is 4.75. The number of anilines is 2. The Labute approximate surface area is 109 Å². The number of hydrogen-bond acceptors (Lipinski definition) is 4. The highest BCUT2D eigenvalue weighted by atomic mass is 15.1. The molecule has 1 atom stereocenters. The molecule has 2 rings (SSSR count). The number of nitrogen functional groups attached to an aromatic ring is 1. The fourth-order valence-electron chi connectivity index (χ4n) is 2.59. The van der Waals surface area contributed by atoms with Gasteiger partial charge >= 0.3 is 0 Å². The summed E-state index contributed by atoms with van der Waals surface area (Å²) in [4.78, 5) is 8.81. The molecule has 0 amide bonds. The number of hydrogen-bond donors (Lipinski definition) is 2. The van der Waals surface area contributed by atoms with Crippen LogP contribution in [0.2, 0.25) is 0 Å². The number of rotatable bonds is 3. The van der Waals surface area contributed by atoms with Crippen LogP contribution in [0.15, 0.2) is 6.07 Å². The third kappa shape index (κ3) is 3.12. The molecule has 0 aliphatic heterocycles. The van der Waals surface area contributed by atoms with Crippen molar-refractivity contribution in [2.75, 3.05) is 11.1 Å². The molecule has 0 aromatic carbocycles. The average molecular weight is 248 g/mol. The van der Waals surface area contributed by atoms with Crippen LogP contribution in [0.1, 0.15) is 58.7 Å². The van der Waals surface area contributed by atoms with Gasteiger partial charge in [0.15, 0.2) is 0 Å². The molecule has 0 saturated heterocycles. The van der Waals surface area contributed by atoms with Crippen molar-refractivity contribution in [3.63, 3.8) is 0 Å². The summed E-state index contributed by atoms with van der Waals surface area (Å²) in [5, 5.41) is 3.50. The summed E-state index contributed by atoms with van der Waals surface area (Å²) in [6.07, 6.45) is 3.66. The summed E-state index contributed by atoms with van der Waals surface area (Å²) in [6, 6.07) is 2.34. The van der Waals surface area contributed by atoms with Crippen molar-refractivity contribution in [2.45, 2.75) is 58.9 Å². The Morgan fingerprint density at radius 1 is 1.39 bits per heavy atom. The quantitative estimate of drug-likeness (QED) is 0.862. The van der Waals surface area contributed by atoms with E-state index in [4.69, 9.17) is 5.73 Å². The molecule has 18 heavy (non-hydrogen) atoms. The Balaban J connectivity index is 2.10. The van der Waals surface area contributed by atoms with Gasteiger partial charge in [-0.2, -0.15) is 0 Å². The topological polar surface area (TPSA) is 63.8 Å². The molecule has 0 bridgehead atoms. The van der Waals surface area contributed by atoms with Gasteiger partial charge in [-0.05, 0) is 24.7 Å². The van der Waals surface area contributed by atoms with Crippen molar-refractivity contribution in [3.8, 4) is 0 Å². The third-order valence-electron chi connectivity index (χ3n) is 3.60. The molecule has 0 spiro atoms. The van der Waals surface area contributed by atoms with Crippen LogP contribution in [0.3, 0.4) is 0 Å². The van der Waals surface area contributed by atoms with E-state index in [0.717, 1.165) is 11.6 Å². The summed E-state index contributed by atoms with van der Waals surface area (Å²) in [7, 11) is 0. The predicted octanol–water partition coefficient (Wildman–Crippen LogP) is 3.17. The van der Waals surface area contributed by atoms with Gasteiger partial charge in [-0.1, -0.05) is 27.7 Å². The summed E-state index contributed by atoms with van der Waals surface area (Å²) in [5.41, 5.74) is 6.28. The van der Waals surface area contributed by atoms with Gasteiger partial charge in [0.25, 0.3) is 0 Å². The lowest BCUT2D eigenvalue weighted by molar-refractivity contribution is 0.378. The average Bonchev–Trinajstić information content (AvgIpc) is 2.57. The van der Waals surface area contributed by atoms with Crippen LogP contribution >= 0.6 is 0 Å². The third-order valence-corrected chi connectivity index (χ3v) is 3.60. The minimum Gasteiger partial charge on any atom is -0.384 e. The number of nitrogens with one attached hydrogen (secondary N) is 1. The number of nitrogens with two attached hydrogens (primary N) is 1. The van der Waals surface area contributed by atoms with E-state index in [0.29, 0.717) is 23.2 Å². The molecule has 1 fully saturated rings. The van der Waals surface area contributed by atoms with Gasteiger partial charge in [-0.15, -0.1) is 0 Å². The molecule has 4 nitrogen and oxygen atoms in total. The summed E-state index contributed by atoms with van der Waals surface area (Å²) in [6.45, 7) is 8.81. The Hall–Kier alpha value is -1.32. The minimum atomic E-state index is 0.300. The molecule has 1 aliphatic rings. The van der Waals surface area contributed by atoms with Crippen molar-refractivity contribution in [2.24, 2.45) is 5.41 Å². The standard InChI is InChI=1S/C14H24N4/c1-9(2)13-17-11(15)7-12(18-13)16-10-5-6-14(3,4)8-10/h7,9-10H,5-6,8H2,1-4H3,(H3,15,16,17,18). The maximum absolute atomic E-state index is 5.83. The Morgan fingerprint density at radius 3 is 2.67 bits per heavy atom. The lowest BCUT2D eigenvalue weighted by Gasteiger charge is -2.18. The maximum Gasteiger partial charge on any atom is 0.135 e. The van der Waals surface area contributed by atoms with Crippen LogP contribution in [0.5, 0.6) is 0 Å². The first kappa shape index (κ1) is 13.1. The van der Waals surface area contributed by atoms with Crippen molar-refractivity contribution >= 4 is 11.6 Å². The summed E-state index contributed by atoms with van der Waals surface area (Å²) < 4.78 is 0. The van der Waals surface area contributed by atoms with E-state index in [2.05, 4.69) is 43.0 Å². The zero-order valence-electron chi connectivity index (χ0n) is 11.8. The van der Waals surface area contributed by atoms with Gasteiger partial charge in [0.05, 0.1) is 0 Å². The smallest absolute Gasteiger partial charge is 0.135 e. The van der Waals surface area contributed by atoms with E-state index < -0.39 is 0 Å². The van der Waals surface area contributed by atoms with E-state index in [1.165, 1.54) is 19.3 Å². The Bertz CT molecular complexity index is 426. The highest BCUT2D eigenvalue weighted by Gasteiger charge is 2.31. The first-order valence-electron chi connectivity index (χ1n) is 6.77. The molecule has 0 radical (unpaired) electrons. The van der Waals surface area contributed by atoms with Crippen LogP contribution in [0.4, 0.5) is 11.6 Å². The number of nitrogens with zero attached hydrogens (tertiary/aromatic N) is 2. The maximum atomic E-state index is 5.83. The molecular formula is C14H24N4. The molecule has 4 heteroatoms. The van der Waals surface area contributed by atoms with Crippen LogP contribution in [0.25, 0.3) is 0 Å². The first-order valence-corrected chi connectivity index (χ1v) is 6.77.